The summed E-state index contributed by atoms with van der Waals surface area (Å²) >= 11 is 0. The molecule has 1 heterocycles. The number of aliphatic hydroxyl groups excluding tert-OH is 1. The highest BCUT2D eigenvalue weighted by molar-refractivity contribution is 5.76. The number of hydrogen-bond donors (Lipinski definition) is 1. The molecule has 1 amide bonds. The number of aryl methyl sites for hydroxylation is 1. The molecule has 1 aliphatic rings. The van der Waals surface area contributed by atoms with Gasteiger partial charge in [0.15, 0.2) is 0 Å². The number of benzene rings is 2. The third-order valence-corrected chi connectivity index (χ3v) is 5.19. The van der Waals surface area contributed by atoms with E-state index in [2.05, 4.69) is 6.07 Å². The number of piperidine rings is 1. The molecule has 0 saturated carbocycles. The maximum Gasteiger partial charge on any atom is 0.222 e. The van der Waals surface area contributed by atoms with E-state index in [0.29, 0.717) is 31.5 Å². The predicted octanol–water partition coefficient (Wildman–Crippen LogP) is 3.46. The largest absolute Gasteiger partial charge is 0.388 e. The van der Waals surface area contributed by atoms with Crippen molar-refractivity contribution in [1.29, 1.82) is 5.26 Å². The van der Waals surface area contributed by atoms with E-state index < -0.39 is 6.10 Å². The van der Waals surface area contributed by atoms with E-state index in [1.807, 2.05) is 47.4 Å². The van der Waals surface area contributed by atoms with Gasteiger partial charge in [0.25, 0.3) is 0 Å². The topological polar surface area (TPSA) is 64.3 Å². The van der Waals surface area contributed by atoms with Crippen LogP contribution in [0.2, 0.25) is 0 Å². The normalized spacial score (nSPS) is 16.1. The van der Waals surface area contributed by atoms with E-state index >= 15 is 0 Å². The van der Waals surface area contributed by atoms with Crippen molar-refractivity contribution >= 4 is 5.91 Å². The van der Waals surface area contributed by atoms with Gasteiger partial charge in [0.1, 0.15) is 0 Å². The van der Waals surface area contributed by atoms with Gasteiger partial charge in [0, 0.05) is 19.5 Å². The lowest BCUT2D eigenvalue weighted by molar-refractivity contribution is -0.133. The Balaban J connectivity index is 1.46. The molecule has 1 N–H and O–H groups in total. The Labute approximate surface area is 154 Å². The van der Waals surface area contributed by atoms with Crippen LogP contribution >= 0.6 is 0 Å². The Bertz CT molecular complexity index is 757. The van der Waals surface area contributed by atoms with Crippen LogP contribution < -0.4 is 0 Å². The van der Waals surface area contributed by atoms with Crippen molar-refractivity contribution < 1.29 is 9.90 Å². The van der Waals surface area contributed by atoms with E-state index in [-0.39, 0.29) is 11.8 Å². The van der Waals surface area contributed by atoms with Crippen LogP contribution in [0.5, 0.6) is 0 Å². The lowest BCUT2D eigenvalue weighted by Crippen LogP contribution is -2.39. The fourth-order valence-electron chi connectivity index (χ4n) is 3.54. The molecule has 1 saturated heterocycles. The molecule has 0 bridgehead atoms. The summed E-state index contributed by atoms with van der Waals surface area (Å²) in [6, 6.07) is 19.3. The van der Waals surface area contributed by atoms with Crippen molar-refractivity contribution in [2.24, 2.45) is 5.92 Å². The van der Waals surface area contributed by atoms with Crippen LogP contribution in [0.1, 0.15) is 42.1 Å². The van der Waals surface area contributed by atoms with E-state index in [9.17, 15) is 9.90 Å². The van der Waals surface area contributed by atoms with Crippen molar-refractivity contribution in [3.8, 4) is 6.07 Å². The SMILES string of the molecule is N#Cc1ccc(CCC(=O)N2CCC([C@@H](O)c3ccccc3)CC2)cc1. The molecule has 26 heavy (non-hydrogen) atoms. The fourth-order valence-corrected chi connectivity index (χ4v) is 3.54. The van der Waals surface area contributed by atoms with Crippen LogP contribution in [0.3, 0.4) is 0 Å². The van der Waals surface area contributed by atoms with Gasteiger partial charge in [-0.1, -0.05) is 42.5 Å². The van der Waals surface area contributed by atoms with E-state index in [4.69, 9.17) is 5.26 Å². The average Bonchev–Trinajstić information content (AvgIpc) is 2.72. The second-order valence-corrected chi connectivity index (χ2v) is 6.88. The zero-order chi connectivity index (χ0) is 18.4. The Morgan fingerprint density at radius 1 is 1.12 bits per heavy atom. The molecular weight excluding hydrogens is 324 g/mol. The summed E-state index contributed by atoms with van der Waals surface area (Å²) in [6.45, 7) is 1.42. The third-order valence-electron chi connectivity index (χ3n) is 5.19. The number of hydrogen-bond acceptors (Lipinski definition) is 3. The van der Waals surface area contributed by atoms with Gasteiger partial charge in [-0.2, -0.15) is 5.26 Å². The van der Waals surface area contributed by atoms with Crippen LogP contribution in [0.25, 0.3) is 0 Å². The molecular formula is C22H24N2O2. The zero-order valence-corrected chi connectivity index (χ0v) is 14.8. The first-order valence-electron chi connectivity index (χ1n) is 9.17. The zero-order valence-electron chi connectivity index (χ0n) is 14.8. The highest BCUT2D eigenvalue weighted by Crippen LogP contribution is 2.30. The lowest BCUT2D eigenvalue weighted by Gasteiger charge is -2.34. The molecule has 1 fully saturated rings. The van der Waals surface area contributed by atoms with Crippen molar-refractivity contribution in [2.75, 3.05) is 13.1 Å². The maximum absolute atomic E-state index is 12.5. The van der Waals surface area contributed by atoms with E-state index in [1.54, 1.807) is 12.1 Å². The van der Waals surface area contributed by atoms with Gasteiger partial charge >= 0.3 is 0 Å². The number of carbonyl (C=O) groups is 1. The molecule has 1 aliphatic heterocycles. The number of nitriles is 1. The molecule has 1 atom stereocenters. The summed E-state index contributed by atoms with van der Waals surface area (Å²) < 4.78 is 0. The number of amides is 1. The summed E-state index contributed by atoms with van der Waals surface area (Å²) in [5, 5.41) is 19.4. The second-order valence-electron chi connectivity index (χ2n) is 6.88. The Hall–Kier alpha value is -2.64. The smallest absolute Gasteiger partial charge is 0.222 e. The van der Waals surface area contributed by atoms with Crippen LogP contribution in [0, 0.1) is 17.2 Å². The lowest BCUT2D eigenvalue weighted by atomic mass is 9.87. The molecule has 0 spiro atoms. The number of nitrogens with zero attached hydrogens (tertiary/aromatic N) is 2. The predicted molar refractivity (Wildman–Crippen MR) is 100 cm³/mol. The minimum absolute atomic E-state index is 0.169. The molecule has 2 aromatic rings. The first-order chi connectivity index (χ1) is 12.7. The van der Waals surface area contributed by atoms with E-state index in [0.717, 1.165) is 24.0 Å². The Kier molecular flexibility index (Phi) is 6.04. The molecule has 0 aliphatic carbocycles. The molecule has 0 unspecified atom stereocenters. The number of likely N-dealkylation sites (tertiary alicyclic amines) is 1. The van der Waals surface area contributed by atoms with Gasteiger partial charge in [0.2, 0.25) is 5.91 Å². The highest BCUT2D eigenvalue weighted by atomic mass is 16.3. The summed E-state index contributed by atoms with van der Waals surface area (Å²) in [5.74, 6) is 0.377. The number of carbonyl (C=O) groups excluding carboxylic acids is 1. The second kappa shape index (κ2) is 8.64. The first-order valence-corrected chi connectivity index (χ1v) is 9.17. The molecule has 134 valence electrons. The minimum Gasteiger partial charge on any atom is -0.388 e. The number of aliphatic hydroxyl groups is 1. The van der Waals surface area contributed by atoms with Gasteiger partial charge in [-0.05, 0) is 48.4 Å². The molecule has 0 radical (unpaired) electrons. The van der Waals surface area contributed by atoms with Crippen LogP contribution in [-0.4, -0.2) is 29.0 Å². The minimum atomic E-state index is -0.452. The van der Waals surface area contributed by atoms with Crippen LogP contribution in [0.4, 0.5) is 0 Å². The van der Waals surface area contributed by atoms with Crippen molar-refractivity contribution in [1.82, 2.24) is 4.90 Å². The molecule has 4 nitrogen and oxygen atoms in total. The fraction of sp³-hybridized carbons (Fsp3) is 0.364. The summed E-state index contributed by atoms with van der Waals surface area (Å²) in [6.07, 6.45) is 2.39. The first kappa shape index (κ1) is 18.2. The summed E-state index contributed by atoms with van der Waals surface area (Å²) in [4.78, 5) is 14.4. The third kappa shape index (κ3) is 4.50. The molecule has 0 aromatic heterocycles. The highest BCUT2D eigenvalue weighted by Gasteiger charge is 2.27. The van der Waals surface area contributed by atoms with Crippen molar-refractivity contribution in [3.63, 3.8) is 0 Å². The average molecular weight is 348 g/mol. The van der Waals surface area contributed by atoms with Crippen LogP contribution in [-0.2, 0) is 11.2 Å². The van der Waals surface area contributed by atoms with Crippen molar-refractivity contribution in [2.45, 2.75) is 31.8 Å². The van der Waals surface area contributed by atoms with Gasteiger partial charge < -0.3 is 10.0 Å². The maximum atomic E-state index is 12.5. The summed E-state index contributed by atoms with van der Waals surface area (Å²) in [7, 11) is 0. The monoisotopic (exact) mass is 348 g/mol. The summed E-state index contributed by atoms with van der Waals surface area (Å²) in [5.41, 5.74) is 2.67. The van der Waals surface area contributed by atoms with Crippen molar-refractivity contribution in [3.05, 3.63) is 71.3 Å². The van der Waals surface area contributed by atoms with Gasteiger partial charge in [-0.25, -0.2) is 0 Å². The Morgan fingerprint density at radius 3 is 2.38 bits per heavy atom. The quantitative estimate of drug-likeness (QED) is 0.900. The molecule has 2 aromatic carbocycles. The van der Waals surface area contributed by atoms with E-state index in [1.165, 1.54) is 0 Å². The van der Waals surface area contributed by atoms with Gasteiger partial charge in [-0.15, -0.1) is 0 Å². The number of rotatable bonds is 5. The van der Waals surface area contributed by atoms with Crippen LogP contribution in [0.15, 0.2) is 54.6 Å². The van der Waals surface area contributed by atoms with Gasteiger partial charge in [0.05, 0.1) is 17.7 Å². The molecule has 4 heteroatoms. The molecule has 3 rings (SSSR count). The van der Waals surface area contributed by atoms with Gasteiger partial charge in [-0.3, -0.25) is 4.79 Å². The standard InChI is InChI=1S/C22H24N2O2/c23-16-18-8-6-17(7-9-18)10-11-21(25)24-14-12-20(13-15-24)22(26)19-4-2-1-3-5-19/h1-9,20,22,26H,10-15H2/t22-/m0/s1. The Morgan fingerprint density at radius 2 is 1.77 bits per heavy atom.